The van der Waals surface area contributed by atoms with Crippen LogP contribution in [-0.2, 0) is 0 Å². The Bertz CT molecular complexity index is 731. The molecule has 2 rings (SSSR count). The SMILES string of the molecule is C=CCN(C(=O)c1cc(Br)c(OCCC)c(OC)c1)c1ccccc1. The van der Waals surface area contributed by atoms with Crippen LogP contribution in [0.4, 0.5) is 5.69 Å². The maximum Gasteiger partial charge on any atom is 0.258 e. The number of hydrogen-bond acceptors (Lipinski definition) is 3. The largest absolute Gasteiger partial charge is 0.493 e. The molecule has 0 N–H and O–H groups in total. The number of methoxy groups -OCH3 is 1. The van der Waals surface area contributed by atoms with Crippen molar-refractivity contribution < 1.29 is 14.3 Å². The third kappa shape index (κ3) is 4.63. The van der Waals surface area contributed by atoms with Gasteiger partial charge in [-0.25, -0.2) is 0 Å². The minimum atomic E-state index is -0.132. The molecule has 0 aliphatic rings. The molecule has 0 aliphatic heterocycles. The van der Waals surface area contributed by atoms with Crippen LogP contribution in [0.15, 0.2) is 59.6 Å². The van der Waals surface area contributed by atoms with E-state index in [1.165, 1.54) is 0 Å². The fraction of sp³-hybridized carbons (Fsp3) is 0.250. The van der Waals surface area contributed by atoms with Crippen molar-refractivity contribution in [1.82, 2.24) is 0 Å². The van der Waals surface area contributed by atoms with E-state index in [4.69, 9.17) is 9.47 Å². The van der Waals surface area contributed by atoms with Gasteiger partial charge < -0.3 is 14.4 Å². The van der Waals surface area contributed by atoms with Crippen LogP contribution in [0.25, 0.3) is 0 Å². The first-order valence-electron chi connectivity index (χ1n) is 8.10. The Hall–Kier alpha value is -2.27. The molecule has 132 valence electrons. The van der Waals surface area contributed by atoms with Gasteiger partial charge in [0.2, 0.25) is 0 Å². The highest BCUT2D eigenvalue weighted by atomic mass is 79.9. The van der Waals surface area contributed by atoms with Gasteiger partial charge in [-0.2, -0.15) is 0 Å². The summed E-state index contributed by atoms with van der Waals surface area (Å²) >= 11 is 3.49. The number of amides is 1. The van der Waals surface area contributed by atoms with Crippen molar-refractivity contribution in [1.29, 1.82) is 0 Å². The highest BCUT2D eigenvalue weighted by Gasteiger charge is 2.20. The van der Waals surface area contributed by atoms with Gasteiger partial charge in [0.05, 0.1) is 18.2 Å². The van der Waals surface area contributed by atoms with E-state index < -0.39 is 0 Å². The monoisotopic (exact) mass is 403 g/mol. The molecule has 0 spiro atoms. The predicted octanol–water partition coefficient (Wildman–Crippen LogP) is 5.08. The Kier molecular flexibility index (Phi) is 7.07. The molecular weight excluding hydrogens is 382 g/mol. The van der Waals surface area contributed by atoms with Crippen molar-refractivity contribution in [3.05, 3.63) is 65.2 Å². The Morgan fingerprint density at radius 1 is 1.28 bits per heavy atom. The standard InChI is InChI=1S/C20H22BrNO3/c1-4-11-22(16-9-7-6-8-10-16)20(23)15-13-17(21)19(25-12-5-2)18(14-15)24-3/h4,6-10,13-14H,1,5,11-12H2,2-3H3. The molecule has 5 heteroatoms. The first-order chi connectivity index (χ1) is 12.1. The van der Waals surface area contributed by atoms with Crippen LogP contribution in [0, 0.1) is 0 Å². The lowest BCUT2D eigenvalue weighted by Crippen LogP contribution is -2.31. The number of anilines is 1. The van der Waals surface area contributed by atoms with Crippen molar-refractivity contribution in [2.45, 2.75) is 13.3 Å². The summed E-state index contributed by atoms with van der Waals surface area (Å²) in [6, 6.07) is 13.0. The second-order valence-electron chi connectivity index (χ2n) is 5.38. The lowest BCUT2D eigenvalue weighted by Gasteiger charge is -2.22. The summed E-state index contributed by atoms with van der Waals surface area (Å²) in [5.74, 6) is 1.00. The maximum absolute atomic E-state index is 13.0. The van der Waals surface area contributed by atoms with E-state index in [9.17, 15) is 4.79 Å². The summed E-state index contributed by atoms with van der Waals surface area (Å²) in [6.07, 6.45) is 2.59. The van der Waals surface area contributed by atoms with Crippen molar-refractivity contribution in [2.24, 2.45) is 0 Å². The maximum atomic E-state index is 13.0. The average molecular weight is 404 g/mol. The van der Waals surface area contributed by atoms with Crippen LogP contribution in [0.5, 0.6) is 11.5 Å². The van der Waals surface area contributed by atoms with E-state index in [1.807, 2.05) is 37.3 Å². The summed E-state index contributed by atoms with van der Waals surface area (Å²) in [4.78, 5) is 14.7. The van der Waals surface area contributed by atoms with Crippen LogP contribution in [-0.4, -0.2) is 26.2 Å². The number of para-hydroxylation sites is 1. The topological polar surface area (TPSA) is 38.8 Å². The molecule has 0 unspecified atom stereocenters. The fourth-order valence-electron chi connectivity index (χ4n) is 2.39. The van der Waals surface area contributed by atoms with E-state index >= 15 is 0 Å². The number of benzene rings is 2. The van der Waals surface area contributed by atoms with E-state index in [0.29, 0.717) is 34.7 Å². The van der Waals surface area contributed by atoms with Crippen LogP contribution in [0.1, 0.15) is 23.7 Å². The van der Waals surface area contributed by atoms with Crippen molar-refractivity contribution >= 4 is 27.5 Å². The second-order valence-corrected chi connectivity index (χ2v) is 6.23. The molecule has 0 aromatic heterocycles. The molecule has 0 atom stereocenters. The zero-order valence-electron chi connectivity index (χ0n) is 14.5. The minimum absolute atomic E-state index is 0.132. The Morgan fingerprint density at radius 2 is 2.00 bits per heavy atom. The van der Waals surface area contributed by atoms with Crippen molar-refractivity contribution in [3.8, 4) is 11.5 Å². The quantitative estimate of drug-likeness (QED) is 0.576. The number of halogens is 1. The number of hydrogen-bond donors (Lipinski definition) is 0. The minimum Gasteiger partial charge on any atom is -0.493 e. The zero-order chi connectivity index (χ0) is 18.2. The molecule has 0 aliphatic carbocycles. The van der Waals surface area contributed by atoms with Gasteiger partial charge in [-0.3, -0.25) is 4.79 Å². The normalized spacial score (nSPS) is 10.2. The first-order valence-corrected chi connectivity index (χ1v) is 8.89. The van der Waals surface area contributed by atoms with E-state index in [2.05, 4.69) is 22.5 Å². The molecule has 25 heavy (non-hydrogen) atoms. The van der Waals surface area contributed by atoms with Gasteiger partial charge in [-0.15, -0.1) is 6.58 Å². The number of carbonyl (C=O) groups is 1. The van der Waals surface area contributed by atoms with Gasteiger partial charge in [0.25, 0.3) is 5.91 Å². The van der Waals surface area contributed by atoms with Gasteiger partial charge in [-0.05, 0) is 46.6 Å². The van der Waals surface area contributed by atoms with E-state index in [0.717, 1.165) is 12.1 Å². The Labute approximate surface area is 157 Å². The summed E-state index contributed by atoms with van der Waals surface area (Å²) in [6.45, 7) is 6.78. The summed E-state index contributed by atoms with van der Waals surface area (Å²) < 4.78 is 11.8. The zero-order valence-corrected chi connectivity index (χ0v) is 16.1. The molecule has 0 radical (unpaired) electrons. The molecule has 0 saturated heterocycles. The highest BCUT2D eigenvalue weighted by Crippen LogP contribution is 2.37. The Morgan fingerprint density at radius 3 is 2.60 bits per heavy atom. The molecule has 2 aromatic carbocycles. The lowest BCUT2D eigenvalue weighted by atomic mass is 10.1. The third-order valence-corrected chi connectivity index (χ3v) is 4.14. The second kappa shape index (κ2) is 9.28. The number of carbonyl (C=O) groups excluding carboxylic acids is 1. The highest BCUT2D eigenvalue weighted by molar-refractivity contribution is 9.10. The van der Waals surface area contributed by atoms with Crippen molar-refractivity contribution in [3.63, 3.8) is 0 Å². The van der Waals surface area contributed by atoms with Gasteiger partial charge in [0.15, 0.2) is 11.5 Å². The number of nitrogens with zero attached hydrogens (tertiary/aromatic N) is 1. The molecule has 0 bridgehead atoms. The van der Waals surface area contributed by atoms with Gasteiger partial charge in [0.1, 0.15) is 0 Å². The molecule has 1 amide bonds. The van der Waals surface area contributed by atoms with Crippen molar-refractivity contribution in [2.75, 3.05) is 25.2 Å². The Balaban J connectivity index is 2.40. The molecular formula is C20H22BrNO3. The van der Waals surface area contributed by atoms with E-state index in [1.54, 1.807) is 30.2 Å². The van der Waals surface area contributed by atoms with Gasteiger partial charge in [0, 0.05) is 17.8 Å². The molecule has 0 heterocycles. The molecule has 4 nitrogen and oxygen atoms in total. The first kappa shape index (κ1) is 19.1. The molecule has 0 saturated carbocycles. The van der Waals surface area contributed by atoms with Gasteiger partial charge in [-0.1, -0.05) is 31.2 Å². The van der Waals surface area contributed by atoms with Crippen LogP contribution in [0.3, 0.4) is 0 Å². The lowest BCUT2D eigenvalue weighted by molar-refractivity contribution is 0.0989. The van der Waals surface area contributed by atoms with Crippen LogP contribution in [0.2, 0.25) is 0 Å². The van der Waals surface area contributed by atoms with E-state index in [-0.39, 0.29) is 5.91 Å². The van der Waals surface area contributed by atoms with Gasteiger partial charge >= 0.3 is 0 Å². The average Bonchev–Trinajstić information content (AvgIpc) is 2.64. The summed E-state index contributed by atoms with van der Waals surface area (Å²) in [7, 11) is 1.56. The molecule has 2 aromatic rings. The fourth-order valence-corrected chi connectivity index (χ4v) is 2.94. The van der Waals surface area contributed by atoms with Crippen LogP contribution >= 0.6 is 15.9 Å². The number of rotatable bonds is 8. The molecule has 0 fully saturated rings. The number of ether oxygens (including phenoxy) is 2. The summed E-state index contributed by atoms with van der Waals surface area (Å²) in [5.41, 5.74) is 1.33. The van der Waals surface area contributed by atoms with Crippen LogP contribution < -0.4 is 14.4 Å². The third-order valence-electron chi connectivity index (χ3n) is 3.55. The summed E-state index contributed by atoms with van der Waals surface area (Å²) in [5, 5.41) is 0. The smallest absolute Gasteiger partial charge is 0.258 e. The predicted molar refractivity (Wildman–Crippen MR) is 105 cm³/mol.